The predicted molar refractivity (Wildman–Crippen MR) is 21.8 cm³/mol. The van der Waals surface area contributed by atoms with Crippen LogP contribution in [0.15, 0.2) is 12.3 Å². The van der Waals surface area contributed by atoms with Crippen LogP contribution in [-0.4, -0.2) is 4.92 Å². The first-order chi connectivity index (χ1) is 2.77. The summed E-state index contributed by atoms with van der Waals surface area (Å²) in [5.41, 5.74) is 0. The van der Waals surface area contributed by atoms with Crippen molar-refractivity contribution in [2.45, 2.75) is 6.92 Å². The van der Waals surface area contributed by atoms with Gasteiger partial charge in [0.15, 0.2) is 0 Å². The molecule has 0 saturated heterocycles. The van der Waals surface area contributed by atoms with Gasteiger partial charge in [0.1, 0.15) is 0 Å². The Morgan fingerprint density at radius 2 is 2.14 bits per heavy atom. The van der Waals surface area contributed by atoms with Crippen LogP contribution in [0.2, 0.25) is 0 Å². The molecule has 0 aromatic carbocycles. The van der Waals surface area contributed by atoms with E-state index in [1.807, 2.05) is 0 Å². The van der Waals surface area contributed by atoms with E-state index in [1.165, 1.54) is 6.08 Å². The monoisotopic (exact) mass is 127 g/mol. The third kappa shape index (κ3) is 10.7. The van der Waals surface area contributed by atoms with Crippen LogP contribution >= 0.6 is 0 Å². The topological polar surface area (TPSA) is 43.1 Å². The van der Waals surface area contributed by atoms with Gasteiger partial charge in [0, 0.05) is 37.7 Å². The Balaban J connectivity index is 0. The molecule has 0 radical (unpaired) electrons. The van der Waals surface area contributed by atoms with Crippen LogP contribution < -0.4 is 0 Å². The van der Waals surface area contributed by atoms with Crippen molar-refractivity contribution in [1.82, 2.24) is 0 Å². The molecule has 4 heteroatoms. The molecule has 0 amide bonds. The molecular weight excluding hydrogens is 122 g/mol. The molecule has 0 saturated carbocycles. The van der Waals surface area contributed by atoms with E-state index in [0.29, 0.717) is 0 Å². The zero-order valence-corrected chi connectivity index (χ0v) is 4.48. The summed E-state index contributed by atoms with van der Waals surface area (Å²) in [4.78, 5) is 8.82. The van der Waals surface area contributed by atoms with Gasteiger partial charge >= 0.3 is 0 Å². The molecule has 0 spiro atoms. The van der Waals surface area contributed by atoms with Crippen molar-refractivity contribution in [3.05, 3.63) is 22.4 Å². The van der Waals surface area contributed by atoms with E-state index in [0.717, 1.165) is 6.20 Å². The summed E-state index contributed by atoms with van der Waals surface area (Å²) in [6.45, 7) is 1.60. The Labute approximate surface area is 71.5 Å². The van der Waals surface area contributed by atoms with E-state index in [1.54, 1.807) is 6.92 Å². The largest absolute Gasteiger partial charge is 0.259 e. The molecule has 0 aromatic heterocycles. The quantitative estimate of drug-likeness (QED) is 0.386. The summed E-state index contributed by atoms with van der Waals surface area (Å²) in [5.74, 6) is 0. The second kappa shape index (κ2) is 6.40. The van der Waals surface area contributed by atoms with Crippen molar-refractivity contribution in [1.29, 1.82) is 0 Å². The summed E-state index contributed by atoms with van der Waals surface area (Å²) in [6.07, 6.45) is 2.26. The number of hydrogen-bond acceptors (Lipinski definition) is 2. The Morgan fingerprint density at radius 1 is 1.71 bits per heavy atom. The molecule has 0 atom stereocenters. The van der Waals surface area contributed by atoms with Crippen molar-refractivity contribution in [2.75, 3.05) is 0 Å². The van der Waals surface area contributed by atoms with Gasteiger partial charge in [-0.1, -0.05) is 0 Å². The fourth-order valence-corrected chi connectivity index (χ4v) is 0.122. The minimum Gasteiger partial charge on any atom is -0.259 e. The first-order valence-electron chi connectivity index (χ1n) is 1.53. The minimum atomic E-state index is -0.500. The van der Waals surface area contributed by atoms with Crippen LogP contribution in [-0.2, 0) is 0 Å². The number of nitrogens with zero attached hydrogens (tertiary/aromatic N) is 1. The van der Waals surface area contributed by atoms with Gasteiger partial charge in [0.2, 0.25) is 6.20 Å². The second-order valence-electron chi connectivity index (χ2n) is 0.768. The smallest absolute Gasteiger partial charge is 0.230 e. The Bertz CT molecular complexity index is 81.0. The van der Waals surface area contributed by atoms with Gasteiger partial charge in [-0.25, -0.2) is 0 Å². The van der Waals surface area contributed by atoms with E-state index in [-0.39, 0.29) is 37.7 Å². The van der Waals surface area contributed by atoms with Crippen LogP contribution in [0.3, 0.4) is 0 Å². The molecule has 0 unspecified atom stereocenters. The standard InChI is InChI=1S/C3H5NO2.Ar/c1-2-3-4(5)6;/h2-3H,1H3;/b3-2-;. The molecule has 0 aromatic rings. The molecule has 3 nitrogen and oxygen atoms in total. The van der Waals surface area contributed by atoms with Crippen LogP contribution in [0.4, 0.5) is 0 Å². The van der Waals surface area contributed by atoms with Crippen molar-refractivity contribution in [3.63, 3.8) is 0 Å². The fourth-order valence-electron chi connectivity index (χ4n) is 0.122. The molecule has 0 aliphatic carbocycles. The van der Waals surface area contributed by atoms with Gasteiger partial charge < -0.3 is 0 Å². The van der Waals surface area contributed by atoms with E-state index in [2.05, 4.69) is 0 Å². The Morgan fingerprint density at radius 3 is 2.14 bits per heavy atom. The molecule has 0 bridgehead atoms. The molecule has 7 heavy (non-hydrogen) atoms. The van der Waals surface area contributed by atoms with Gasteiger partial charge in [-0.15, -0.1) is 0 Å². The molecule has 0 heterocycles. The number of allylic oxidation sites excluding steroid dienone is 1. The fraction of sp³-hybridized carbons (Fsp3) is 0.333. The maximum atomic E-state index is 9.32. The summed E-state index contributed by atoms with van der Waals surface area (Å²) in [6, 6.07) is 0. The summed E-state index contributed by atoms with van der Waals surface area (Å²) >= 11 is 0. The Hall–Kier alpha value is 0.400. The number of rotatable bonds is 1. The molecule has 0 rings (SSSR count). The molecule has 0 N–H and O–H groups in total. The zero-order valence-electron chi connectivity index (χ0n) is 3.77. The van der Waals surface area contributed by atoms with Crippen LogP contribution in [0, 0.1) is 47.9 Å². The SMILES string of the molecule is C/C=C\[N+](=O)[O-].[Ar]. The molecule has 0 aliphatic rings. The summed E-state index contributed by atoms with van der Waals surface area (Å²) in [5, 5.41) is 9.32. The Kier molecular flexibility index (Phi) is 9.50. The van der Waals surface area contributed by atoms with Gasteiger partial charge in [0.25, 0.3) is 0 Å². The average molecular weight is 127 g/mol. The van der Waals surface area contributed by atoms with Crippen LogP contribution in [0.1, 0.15) is 6.92 Å². The van der Waals surface area contributed by atoms with Crippen molar-refractivity contribution >= 4 is 0 Å². The average Bonchev–Trinajstić information content (AvgIpc) is 1.35. The van der Waals surface area contributed by atoms with Gasteiger partial charge in [-0.05, 0) is 13.0 Å². The normalized spacial score (nSPS) is 8.14. The summed E-state index contributed by atoms with van der Waals surface area (Å²) in [7, 11) is 0. The van der Waals surface area contributed by atoms with Crippen molar-refractivity contribution in [2.24, 2.45) is 0 Å². The van der Waals surface area contributed by atoms with E-state index in [4.69, 9.17) is 0 Å². The van der Waals surface area contributed by atoms with Gasteiger partial charge in [0.05, 0.1) is 4.92 Å². The van der Waals surface area contributed by atoms with Crippen LogP contribution in [0.25, 0.3) is 0 Å². The van der Waals surface area contributed by atoms with Crippen molar-refractivity contribution in [3.8, 4) is 0 Å². The molecule has 42 valence electrons. The van der Waals surface area contributed by atoms with E-state index >= 15 is 0 Å². The number of nitro groups is 1. The molecular formula is C3H5ArNO2. The van der Waals surface area contributed by atoms with Crippen molar-refractivity contribution < 1.29 is 42.7 Å². The summed E-state index contributed by atoms with van der Waals surface area (Å²) < 4.78 is 0. The van der Waals surface area contributed by atoms with Gasteiger partial charge in [-0.2, -0.15) is 0 Å². The van der Waals surface area contributed by atoms with Crippen LogP contribution in [0.5, 0.6) is 0 Å². The maximum absolute atomic E-state index is 9.32. The number of hydrogen-bond donors (Lipinski definition) is 0. The maximum Gasteiger partial charge on any atom is 0.230 e. The van der Waals surface area contributed by atoms with E-state index in [9.17, 15) is 10.1 Å². The van der Waals surface area contributed by atoms with E-state index < -0.39 is 4.92 Å². The van der Waals surface area contributed by atoms with Gasteiger partial charge in [-0.3, -0.25) is 10.1 Å². The molecule has 0 fully saturated rings. The first kappa shape index (κ1) is 10.4. The predicted octanol–water partition coefficient (Wildman–Crippen LogP) is 0.797. The minimum absolute atomic E-state index is 0. The third-order valence-corrected chi connectivity index (χ3v) is 0.271. The zero-order chi connectivity index (χ0) is 4.99. The third-order valence-electron chi connectivity index (χ3n) is 0.271. The first-order valence-corrected chi connectivity index (χ1v) is 1.53. The molecule has 0 aliphatic heterocycles. The second-order valence-corrected chi connectivity index (χ2v) is 0.768.